The Morgan fingerprint density at radius 2 is 0.530 bits per heavy atom. The van der Waals surface area contributed by atoms with Gasteiger partial charge in [-0.05, 0) is 154 Å². The van der Waals surface area contributed by atoms with Crippen LogP contribution in [-0.2, 0) is 65.4 Å². The highest BCUT2D eigenvalue weighted by Crippen LogP contribution is 2.45. The number of aliphatic hydroxyl groups is 1. The van der Waals surface area contributed by atoms with E-state index in [4.69, 9.17) is 37.0 Å². The van der Waals surface area contributed by atoms with Gasteiger partial charge >= 0.3 is 39.5 Å². The number of aliphatic hydroxyl groups excluding tert-OH is 1. The summed E-state index contributed by atoms with van der Waals surface area (Å²) in [6.07, 6.45) is 88.8. The fraction of sp³-hybridized carbons (Fsp3) is 0.506. The Bertz CT molecular complexity index is 2770. The van der Waals surface area contributed by atoms with E-state index in [9.17, 15) is 43.2 Å². The zero-order chi connectivity index (χ0) is 73.2. The van der Waals surface area contributed by atoms with Gasteiger partial charge in [0.25, 0.3) is 0 Å². The maximum Gasteiger partial charge on any atom is 0.472 e. The van der Waals surface area contributed by atoms with Crippen LogP contribution >= 0.6 is 15.6 Å². The summed E-state index contributed by atoms with van der Waals surface area (Å²) in [6, 6.07) is 0. The molecule has 0 saturated heterocycles. The predicted octanol–water partition coefficient (Wildman–Crippen LogP) is 20.5. The number of unbranched alkanes of at least 4 members (excludes halogenated alkanes) is 4. The summed E-state index contributed by atoms with van der Waals surface area (Å²) in [7, 11) is -10.1. The molecule has 17 nitrogen and oxygen atoms in total. The average molecular weight is 1430 g/mol. The molecule has 558 valence electrons. The van der Waals surface area contributed by atoms with Crippen LogP contribution in [0, 0.1) is 0 Å². The fourth-order valence-electron chi connectivity index (χ4n) is 8.17. The van der Waals surface area contributed by atoms with E-state index in [1.54, 1.807) is 24.3 Å². The lowest BCUT2D eigenvalue weighted by atomic mass is 10.1. The summed E-state index contributed by atoms with van der Waals surface area (Å²) in [6.45, 7) is 4.00. The van der Waals surface area contributed by atoms with Gasteiger partial charge in [0.15, 0.2) is 12.2 Å². The summed E-state index contributed by atoms with van der Waals surface area (Å²) < 4.78 is 68.0. The minimum absolute atomic E-state index is 0.0185. The number of carbonyl (C=O) groups is 4. The molecule has 0 aliphatic carbocycles. The van der Waals surface area contributed by atoms with E-state index in [0.717, 1.165) is 122 Å². The van der Waals surface area contributed by atoms with Crippen molar-refractivity contribution in [1.82, 2.24) is 0 Å². The molecule has 100 heavy (non-hydrogen) atoms. The lowest BCUT2D eigenvalue weighted by Crippen LogP contribution is -2.30. The van der Waals surface area contributed by atoms with Crippen LogP contribution in [-0.4, -0.2) is 96.7 Å². The van der Waals surface area contributed by atoms with Crippen molar-refractivity contribution in [1.29, 1.82) is 0 Å². The highest BCUT2D eigenvalue weighted by atomic mass is 31.2. The Kier molecular flexibility index (Phi) is 66.1. The fourth-order valence-corrected chi connectivity index (χ4v) is 9.75. The van der Waals surface area contributed by atoms with Gasteiger partial charge in [0.05, 0.1) is 39.3 Å². The number of phosphoric acid groups is 2. The number of ether oxygens (including phenoxy) is 4. The smallest absolute Gasteiger partial charge is 0.462 e. The number of carbonyl (C=O) groups excluding carboxylic acids is 4. The Labute approximate surface area is 601 Å². The summed E-state index contributed by atoms with van der Waals surface area (Å²) in [5.41, 5.74) is 0. The standard InChI is InChI=1S/C81H122O17P2/c1-5-9-13-17-21-25-29-33-37-41-45-49-53-57-61-65-78(83)91-71-76(97-80(85)67-63-59-55-51-47-43-39-35-31-27-23-19-15-11-7-3)73-95-99(87,88)93-69-75(82)70-94-100(89,90)96-74-77(98-81(86)68-64-60-56-52-48-44-40-36-32-28-24-20-16-12-8-4)72-92-79(84)66-62-58-54-50-46-42-38-34-30-26-22-18-14-10-6-2/h9-16,21-28,33-40,45-52,57,59,61,63,75-77,82H,5-8,17-20,29-32,41-44,53-56,58,60,62,64-74H2,1-4H3,(H,87,88)(H,89,90)/b13-9-,14-10-,15-11-,16-12-,25-21-,26-22-,27-23-,28-24-,37-33-,38-34-,39-35-,40-36-,49-45-,50-46-,51-47-,52-48-,61-57-,63-59-. The van der Waals surface area contributed by atoms with E-state index in [0.29, 0.717) is 32.1 Å². The molecule has 0 amide bonds. The van der Waals surface area contributed by atoms with Crippen LogP contribution in [0.15, 0.2) is 219 Å². The third-order valence-corrected chi connectivity index (χ3v) is 15.4. The largest absolute Gasteiger partial charge is 0.472 e. The molecule has 0 fully saturated rings. The number of hydrogen-bond donors (Lipinski definition) is 3. The maximum atomic E-state index is 13.1. The van der Waals surface area contributed by atoms with Gasteiger partial charge in [-0.25, -0.2) is 9.13 Å². The van der Waals surface area contributed by atoms with Crippen LogP contribution in [0.25, 0.3) is 0 Å². The predicted molar refractivity (Wildman–Crippen MR) is 408 cm³/mol. The molecule has 0 aromatic carbocycles. The third kappa shape index (κ3) is 69.8. The van der Waals surface area contributed by atoms with Gasteiger partial charge in [-0.3, -0.25) is 37.3 Å². The lowest BCUT2D eigenvalue weighted by molar-refractivity contribution is -0.161. The summed E-state index contributed by atoms with van der Waals surface area (Å²) in [4.78, 5) is 72.6. The SMILES string of the molecule is CC/C=C\C/C=C\C/C=C\C/C=C\C/C=C\CC(=O)OCC(COP(=O)(O)OCC(O)COP(=O)(O)OCC(COC(=O)CCCC/C=C\C/C=C\C/C=C\C/C=C\CC)OC(=O)CCCC/C=C\C/C=C\C/C=C\C/C=C\CC)OC(=O)C/C=C\C/C=C\C/C=C\C/C=C\C/C=C\CC. The molecule has 0 spiro atoms. The average Bonchev–Trinajstić information content (AvgIpc) is 1.01. The summed E-state index contributed by atoms with van der Waals surface area (Å²) in [5, 5.41) is 10.6. The molecule has 0 bridgehead atoms. The van der Waals surface area contributed by atoms with E-state index < -0.39 is 97.5 Å². The first-order chi connectivity index (χ1) is 48.7. The van der Waals surface area contributed by atoms with Crippen LogP contribution in [0.5, 0.6) is 0 Å². The van der Waals surface area contributed by atoms with Crippen molar-refractivity contribution in [2.24, 2.45) is 0 Å². The van der Waals surface area contributed by atoms with Crippen molar-refractivity contribution in [2.75, 3.05) is 39.6 Å². The molecule has 19 heteroatoms. The van der Waals surface area contributed by atoms with Crippen molar-refractivity contribution in [2.45, 2.75) is 226 Å². The molecule has 0 aromatic heterocycles. The van der Waals surface area contributed by atoms with Gasteiger partial charge in [0.1, 0.15) is 19.3 Å². The summed E-state index contributed by atoms with van der Waals surface area (Å²) >= 11 is 0. The Morgan fingerprint density at radius 3 is 0.840 bits per heavy atom. The van der Waals surface area contributed by atoms with E-state index in [2.05, 4.69) is 192 Å². The second kappa shape index (κ2) is 70.8. The molecule has 5 unspecified atom stereocenters. The van der Waals surface area contributed by atoms with E-state index in [-0.39, 0.29) is 25.7 Å². The van der Waals surface area contributed by atoms with Crippen LogP contribution in [0.1, 0.15) is 207 Å². The van der Waals surface area contributed by atoms with Crippen LogP contribution in [0.4, 0.5) is 0 Å². The first kappa shape index (κ1) is 93.4. The topological polar surface area (TPSA) is 237 Å². The normalized spacial score (nSPS) is 15.2. The maximum absolute atomic E-state index is 13.1. The molecule has 0 heterocycles. The number of esters is 4. The molecule has 0 saturated carbocycles. The first-order valence-corrected chi connectivity index (χ1v) is 39.0. The second-order valence-corrected chi connectivity index (χ2v) is 25.6. The van der Waals surface area contributed by atoms with Gasteiger partial charge in [-0.15, -0.1) is 0 Å². The molecule has 0 aliphatic heterocycles. The van der Waals surface area contributed by atoms with Crippen molar-refractivity contribution in [3.63, 3.8) is 0 Å². The molecular formula is C81H122O17P2. The molecule has 0 aromatic rings. The van der Waals surface area contributed by atoms with Gasteiger partial charge in [-0.1, -0.05) is 246 Å². The minimum Gasteiger partial charge on any atom is -0.462 e. The molecule has 0 rings (SSSR count). The monoisotopic (exact) mass is 1430 g/mol. The number of hydrogen-bond acceptors (Lipinski definition) is 15. The molecular weight excluding hydrogens is 1310 g/mol. The van der Waals surface area contributed by atoms with E-state index >= 15 is 0 Å². The van der Waals surface area contributed by atoms with Crippen molar-refractivity contribution in [3.8, 4) is 0 Å². The number of rotatable bonds is 64. The van der Waals surface area contributed by atoms with Crippen LogP contribution in [0.3, 0.4) is 0 Å². The highest BCUT2D eigenvalue weighted by Gasteiger charge is 2.30. The minimum atomic E-state index is -5.04. The van der Waals surface area contributed by atoms with Crippen LogP contribution < -0.4 is 0 Å². The molecule has 3 N–H and O–H groups in total. The van der Waals surface area contributed by atoms with Gasteiger partial charge in [-0.2, -0.15) is 0 Å². The van der Waals surface area contributed by atoms with Gasteiger partial charge in [0.2, 0.25) is 0 Å². The van der Waals surface area contributed by atoms with Gasteiger partial charge < -0.3 is 33.8 Å². The van der Waals surface area contributed by atoms with Crippen molar-refractivity contribution < 1.29 is 80.2 Å². The summed E-state index contributed by atoms with van der Waals surface area (Å²) in [5.74, 6) is -2.61. The quantitative estimate of drug-likeness (QED) is 0.0169. The lowest BCUT2D eigenvalue weighted by Gasteiger charge is -2.21. The first-order valence-electron chi connectivity index (χ1n) is 36.0. The molecule has 0 aliphatic rings. The number of allylic oxidation sites excluding steroid dienone is 34. The van der Waals surface area contributed by atoms with E-state index in [1.165, 1.54) is 0 Å². The van der Waals surface area contributed by atoms with Crippen LogP contribution in [0.2, 0.25) is 0 Å². The van der Waals surface area contributed by atoms with Crippen molar-refractivity contribution >= 4 is 39.5 Å². The van der Waals surface area contributed by atoms with Gasteiger partial charge in [0, 0.05) is 12.8 Å². The third-order valence-electron chi connectivity index (χ3n) is 13.5. The Hall–Kier alpha value is -6.62. The second-order valence-electron chi connectivity index (χ2n) is 22.7. The molecule has 5 atom stereocenters. The highest BCUT2D eigenvalue weighted by molar-refractivity contribution is 7.47. The number of phosphoric ester groups is 2. The Morgan fingerprint density at radius 1 is 0.290 bits per heavy atom. The zero-order valence-corrected chi connectivity index (χ0v) is 62.3. The Balaban J connectivity index is 5.60. The van der Waals surface area contributed by atoms with Crippen molar-refractivity contribution in [3.05, 3.63) is 219 Å². The van der Waals surface area contributed by atoms with E-state index in [1.807, 2.05) is 30.4 Å². The zero-order valence-electron chi connectivity index (χ0n) is 60.5. The molecule has 0 radical (unpaired) electrons.